The van der Waals surface area contributed by atoms with Crippen molar-refractivity contribution >= 4 is 0 Å². The van der Waals surface area contributed by atoms with Gasteiger partial charge in [-0.15, -0.1) is 0 Å². The van der Waals surface area contributed by atoms with Crippen LogP contribution in [0.25, 0.3) is 0 Å². The molecule has 0 radical (unpaired) electrons. The fraction of sp³-hybridized carbons (Fsp3) is 1.00. The van der Waals surface area contributed by atoms with Crippen LogP contribution < -0.4 is 0 Å². The van der Waals surface area contributed by atoms with E-state index in [2.05, 4.69) is 44.5 Å². The molecule has 4 nitrogen and oxygen atoms in total. The van der Waals surface area contributed by atoms with Crippen LogP contribution in [0.5, 0.6) is 0 Å². The summed E-state index contributed by atoms with van der Waals surface area (Å²) in [5.41, 5.74) is 0.449. The lowest BCUT2D eigenvalue weighted by Crippen LogP contribution is -2.43. The van der Waals surface area contributed by atoms with Crippen LogP contribution in [0.3, 0.4) is 0 Å². The number of likely N-dealkylation sites (tertiary alicyclic amines) is 1. The molecule has 1 atom stereocenters. The van der Waals surface area contributed by atoms with E-state index in [-0.39, 0.29) is 0 Å². The van der Waals surface area contributed by atoms with E-state index in [1.54, 1.807) is 0 Å². The zero-order valence-corrected chi connectivity index (χ0v) is 18.7. The maximum atomic E-state index is 5.79. The van der Waals surface area contributed by atoms with Crippen molar-refractivity contribution in [2.24, 2.45) is 0 Å². The van der Waals surface area contributed by atoms with E-state index >= 15 is 0 Å². The molecule has 0 bridgehead atoms. The topological polar surface area (TPSA) is 24.9 Å². The summed E-state index contributed by atoms with van der Waals surface area (Å²) in [4.78, 5) is 5.04. The first-order valence-electron chi connectivity index (χ1n) is 11.1. The first-order valence-corrected chi connectivity index (χ1v) is 11.1. The number of fused-ring (bicyclic) bond motifs is 1. The minimum absolute atomic E-state index is 0.379. The summed E-state index contributed by atoms with van der Waals surface area (Å²) in [5.74, 6) is 0. The molecule has 3 aliphatic rings. The van der Waals surface area contributed by atoms with Crippen LogP contribution in [0.4, 0.5) is 0 Å². The molecule has 0 aromatic rings. The highest BCUT2D eigenvalue weighted by Crippen LogP contribution is 2.39. The highest BCUT2D eigenvalue weighted by atomic mass is 16.5. The Kier molecular flexibility index (Phi) is 11.3. The molecule has 26 heavy (non-hydrogen) atoms. The minimum Gasteiger partial charge on any atom is -0.377 e. The lowest BCUT2D eigenvalue weighted by atomic mass is 9.95. The molecular formula is C22H46N2O2. The number of hydrogen-bond donors (Lipinski definition) is 0. The summed E-state index contributed by atoms with van der Waals surface area (Å²) in [6.45, 7) is 18.2. The first-order chi connectivity index (χ1) is 12.4. The van der Waals surface area contributed by atoms with Gasteiger partial charge in [-0.1, -0.05) is 13.8 Å². The average molecular weight is 371 g/mol. The molecule has 0 N–H and O–H groups in total. The lowest BCUT2D eigenvalue weighted by molar-refractivity contribution is 0.00312. The number of nitrogens with zero attached hydrogens (tertiary/aromatic N) is 2. The van der Waals surface area contributed by atoms with Gasteiger partial charge in [-0.2, -0.15) is 0 Å². The Morgan fingerprint density at radius 3 is 1.92 bits per heavy atom. The molecule has 0 aromatic heterocycles. The third-order valence-corrected chi connectivity index (χ3v) is 5.79. The Morgan fingerprint density at radius 1 is 0.885 bits per heavy atom. The molecule has 3 rings (SSSR count). The van der Waals surface area contributed by atoms with Gasteiger partial charge in [-0.3, -0.25) is 4.90 Å². The normalized spacial score (nSPS) is 25.0. The van der Waals surface area contributed by atoms with Crippen molar-refractivity contribution in [3.63, 3.8) is 0 Å². The Balaban J connectivity index is 0.000000241. The SMILES string of the molecule is CC.CC(C)OCC12CCCN1CCC2.CC(C)OCC1CCCN1C. The summed E-state index contributed by atoms with van der Waals surface area (Å²) in [7, 11) is 2.18. The van der Waals surface area contributed by atoms with Gasteiger partial charge in [0.25, 0.3) is 0 Å². The summed E-state index contributed by atoms with van der Waals surface area (Å²) in [5, 5.41) is 0. The monoisotopic (exact) mass is 370 g/mol. The van der Waals surface area contributed by atoms with Crippen LogP contribution in [-0.4, -0.2) is 73.5 Å². The summed E-state index contributed by atoms with van der Waals surface area (Å²) in [6, 6.07) is 0.678. The molecule has 0 aliphatic carbocycles. The molecule has 0 amide bonds. The number of rotatable bonds is 6. The summed E-state index contributed by atoms with van der Waals surface area (Å²) in [6.07, 6.45) is 8.88. The van der Waals surface area contributed by atoms with Crippen molar-refractivity contribution in [1.82, 2.24) is 9.80 Å². The van der Waals surface area contributed by atoms with E-state index in [4.69, 9.17) is 9.47 Å². The van der Waals surface area contributed by atoms with Crippen LogP contribution >= 0.6 is 0 Å². The van der Waals surface area contributed by atoms with E-state index < -0.39 is 0 Å². The van der Waals surface area contributed by atoms with Crippen molar-refractivity contribution < 1.29 is 9.47 Å². The standard InChI is InChI=1S/C11H21NO.C9H19NO.C2H6/c1-10(2)13-9-11-5-3-7-12(11)8-4-6-11;1-8(2)11-7-9-5-4-6-10(9)3;1-2/h10H,3-9H2,1-2H3;8-9H,4-7H2,1-3H3;1-2H3. The van der Waals surface area contributed by atoms with Gasteiger partial charge >= 0.3 is 0 Å². The van der Waals surface area contributed by atoms with Crippen LogP contribution in [0.15, 0.2) is 0 Å². The predicted molar refractivity (Wildman–Crippen MR) is 112 cm³/mol. The van der Waals surface area contributed by atoms with Crippen molar-refractivity contribution in [2.45, 2.75) is 104 Å². The summed E-state index contributed by atoms with van der Waals surface area (Å²) >= 11 is 0. The Labute approximate surface area is 163 Å². The van der Waals surface area contributed by atoms with Gasteiger partial charge in [-0.25, -0.2) is 0 Å². The van der Waals surface area contributed by atoms with Gasteiger partial charge in [0.15, 0.2) is 0 Å². The maximum absolute atomic E-state index is 5.79. The van der Waals surface area contributed by atoms with E-state index in [9.17, 15) is 0 Å². The zero-order valence-electron chi connectivity index (χ0n) is 18.7. The number of ether oxygens (including phenoxy) is 2. The van der Waals surface area contributed by atoms with Crippen LogP contribution in [0.1, 0.15) is 80.1 Å². The molecule has 0 spiro atoms. The minimum atomic E-state index is 0.379. The van der Waals surface area contributed by atoms with Gasteiger partial charge < -0.3 is 14.4 Å². The van der Waals surface area contributed by atoms with Gasteiger partial charge in [0, 0.05) is 11.6 Å². The molecule has 1 unspecified atom stereocenters. The Morgan fingerprint density at radius 2 is 1.46 bits per heavy atom. The molecule has 3 saturated heterocycles. The second-order valence-corrected chi connectivity index (χ2v) is 8.44. The van der Waals surface area contributed by atoms with E-state index in [1.165, 1.54) is 58.2 Å². The van der Waals surface area contributed by atoms with Crippen LogP contribution in [0, 0.1) is 0 Å². The maximum Gasteiger partial charge on any atom is 0.0653 e. The van der Waals surface area contributed by atoms with Crippen LogP contribution in [0.2, 0.25) is 0 Å². The molecule has 3 aliphatic heterocycles. The van der Waals surface area contributed by atoms with E-state index in [0.717, 1.165) is 13.2 Å². The highest BCUT2D eigenvalue weighted by molar-refractivity contribution is 5.00. The van der Waals surface area contributed by atoms with Crippen molar-refractivity contribution in [2.75, 3.05) is 39.9 Å². The number of hydrogen-bond acceptors (Lipinski definition) is 4. The van der Waals surface area contributed by atoms with Crippen molar-refractivity contribution in [3.05, 3.63) is 0 Å². The Hall–Kier alpha value is -0.160. The van der Waals surface area contributed by atoms with Gasteiger partial charge in [0.1, 0.15) is 0 Å². The van der Waals surface area contributed by atoms with Gasteiger partial charge in [0.05, 0.1) is 25.4 Å². The molecule has 0 saturated carbocycles. The van der Waals surface area contributed by atoms with Crippen LogP contribution in [-0.2, 0) is 9.47 Å². The molecule has 3 heterocycles. The molecule has 156 valence electrons. The fourth-order valence-corrected chi connectivity index (χ4v) is 4.28. The van der Waals surface area contributed by atoms with E-state index in [1.807, 2.05) is 13.8 Å². The molecule has 0 aromatic carbocycles. The van der Waals surface area contributed by atoms with Crippen molar-refractivity contribution in [3.8, 4) is 0 Å². The Bertz CT molecular complexity index is 350. The quantitative estimate of drug-likeness (QED) is 0.684. The predicted octanol–water partition coefficient (Wildman–Crippen LogP) is 4.57. The van der Waals surface area contributed by atoms with Gasteiger partial charge in [-0.05, 0) is 92.9 Å². The third-order valence-electron chi connectivity index (χ3n) is 5.79. The third kappa shape index (κ3) is 7.46. The molecule has 3 fully saturated rings. The molecule has 4 heteroatoms. The average Bonchev–Trinajstić information content (AvgIpc) is 3.29. The summed E-state index contributed by atoms with van der Waals surface area (Å²) < 4.78 is 11.3. The lowest BCUT2D eigenvalue weighted by Gasteiger charge is -2.32. The number of likely N-dealkylation sites (N-methyl/N-ethyl adjacent to an activating group) is 1. The first kappa shape index (κ1) is 23.9. The van der Waals surface area contributed by atoms with E-state index in [0.29, 0.717) is 23.8 Å². The van der Waals surface area contributed by atoms with Crippen molar-refractivity contribution in [1.29, 1.82) is 0 Å². The highest BCUT2D eigenvalue weighted by Gasteiger charge is 2.44. The van der Waals surface area contributed by atoms with Gasteiger partial charge in [0.2, 0.25) is 0 Å². The zero-order chi connectivity index (χ0) is 19.6. The smallest absolute Gasteiger partial charge is 0.0653 e. The largest absolute Gasteiger partial charge is 0.377 e. The fourth-order valence-electron chi connectivity index (χ4n) is 4.28. The second kappa shape index (κ2) is 12.3. The molecular weight excluding hydrogens is 324 g/mol. The second-order valence-electron chi connectivity index (χ2n) is 8.44.